The van der Waals surface area contributed by atoms with E-state index < -0.39 is 23.8 Å². The van der Waals surface area contributed by atoms with Crippen LogP contribution >= 0.6 is 23.7 Å². The van der Waals surface area contributed by atoms with Crippen LogP contribution in [0.15, 0.2) is 30.3 Å². The largest absolute Gasteiger partial charge is 0.444 e. The minimum absolute atomic E-state index is 0.00704. The summed E-state index contributed by atoms with van der Waals surface area (Å²) in [6.07, 6.45) is 9.75. The molecule has 1 aromatic rings. The lowest BCUT2D eigenvalue weighted by Gasteiger charge is -2.39. The predicted molar refractivity (Wildman–Crippen MR) is 167 cm³/mol. The minimum Gasteiger partial charge on any atom is -0.444 e. The minimum atomic E-state index is -0.639. The number of nitrogens with one attached hydrogen (secondary N) is 1. The Morgan fingerprint density at radius 1 is 1.07 bits per heavy atom. The van der Waals surface area contributed by atoms with Gasteiger partial charge in [0.15, 0.2) is 0 Å². The van der Waals surface area contributed by atoms with Gasteiger partial charge in [-0.1, -0.05) is 74.4 Å². The summed E-state index contributed by atoms with van der Waals surface area (Å²) in [4.78, 5) is 44.6. The third-order valence-electron chi connectivity index (χ3n) is 8.27. The van der Waals surface area contributed by atoms with Gasteiger partial charge in [-0.3, -0.25) is 23.7 Å². The van der Waals surface area contributed by atoms with Crippen LogP contribution in [0, 0.1) is 5.92 Å². The number of likely N-dealkylation sites (tertiary alicyclic amines) is 1. The van der Waals surface area contributed by atoms with Gasteiger partial charge in [-0.2, -0.15) is 0 Å². The second kappa shape index (κ2) is 15.0. The number of benzene rings is 1. The number of piperidine rings is 1. The predicted octanol–water partition coefficient (Wildman–Crippen LogP) is 5.52. The number of thioether (sulfide) groups is 1. The fourth-order valence-corrected chi connectivity index (χ4v) is 8.09. The number of carbonyl (C=O) groups excluding carboxylic acids is 3. The SMILES string of the molecule is CSN(C(=O)[C@@H](CC1CCCCC1)NC(=O)[C@@H]1CSCN1C(=O)OC(C)(C)C)C1CCN(Cc2ccccc2)CC1. The van der Waals surface area contributed by atoms with Crippen molar-refractivity contribution in [2.75, 3.05) is 31.0 Å². The molecule has 0 bridgehead atoms. The lowest BCUT2D eigenvalue weighted by Crippen LogP contribution is -2.56. The van der Waals surface area contributed by atoms with Crippen LogP contribution in [-0.2, 0) is 20.9 Å². The normalized spacial score (nSPS) is 21.9. The van der Waals surface area contributed by atoms with Crippen molar-refractivity contribution < 1.29 is 19.1 Å². The van der Waals surface area contributed by atoms with Gasteiger partial charge >= 0.3 is 6.09 Å². The number of nitrogens with zero attached hydrogens (tertiary/aromatic N) is 3. The van der Waals surface area contributed by atoms with Crippen molar-refractivity contribution in [3.05, 3.63) is 35.9 Å². The molecule has 3 fully saturated rings. The van der Waals surface area contributed by atoms with Crippen molar-refractivity contribution >= 4 is 41.6 Å². The van der Waals surface area contributed by atoms with Crippen LogP contribution in [-0.4, -0.2) is 86.7 Å². The zero-order valence-electron chi connectivity index (χ0n) is 25.2. The Kier molecular flexibility index (Phi) is 11.7. The summed E-state index contributed by atoms with van der Waals surface area (Å²) in [7, 11) is 0. The molecule has 2 atom stereocenters. The molecule has 8 nitrogen and oxygen atoms in total. The van der Waals surface area contributed by atoms with E-state index in [0.29, 0.717) is 24.0 Å². The van der Waals surface area contributed by atoms with Gasteiger partial charge in [-0.15, -0.1) is 11.8 Å². The number of hydrogen-bond donors (Lipinski definition) is 1. The third kappa shape index (κ3) is 9.29. The number of carbonyl (C=O) groups is 3. The second-order valence-corrected chi connectivity index (χ2v) is 14.4. The summed E-state index contributed by atoms with van der Waals surface area (Å²) in [5, 5.41) is 3.13. The second-order valence-electron chi connectivity index (χ2n) is 12.6. The molecule has 0 spiro atoms. The maximum atomic E-state index is 14.1. The highest BCUT2D eigenvalue weighted by molar-refractivity contribution is 7.99. The Balaban J connectivity index is 1.41. The molecule has 1 N–H and O–H groups in total. The summed E-state index contributed by atoms with van der Waals surface area (Å²) < 4.78 is 7.50. The Labute approximate surface area is 254 Å². The highest BCUT2D eigenvalue weighted by atomic mass is 32.2. The van der Waals surface area contributed by atoms with E-state index >= 15 is 0 Å². The van der Waals surface area contributed by atoms with Crippen LogP contribution in [0.3, 0.4) is 0 Å². The van der Waals surface area contributed by atoms with Crippen molar-refractivity contribution in [3.63, 3.8) is 0 Å². The van der Waals surface area contributed by atoms with Crippen molar-refractivity contribution in [1.82, 2.24) is 19.4 Å². The van der Waals surface area contributed by atoms with E-state index in [9.17, 15) is 14.4 Å². The van der Waals surface area contributed by atoms with Crippen LogP contribution in [0.2, 0.25) is 0 Å². The van der Waals surface area contributed by atoms with E-state index in [0.717, 1.165) is 45.3 Å². The lowest BCUT2D eigenvalue weighted by molar-refractivity contribution is -0.135. The number of rotatable bonds is 9. The molecule has 41 heavy (non-hydrogen) atoms. The number of hydrogen-bond acceptors (Lipinski definition) is 7. The molecule has 10 heteroatoms. The molecular weight excluding hydrogens is 556 g/mol. The van der Waals surface area contributed by atoms with Gasteiger partial charge in [0.2, 0.25) is 5.91 Å². The Hall–Kier alpha value is -1.91. The molecular formula is C31H48N4O4S2. The standard InChI is InChI=1S/C31H48N4O4S2/c1-31(2,3)39-30(38)34-22-41-21-27(34)28(36)32-26(19-23-11-7-5-8-12-23)29(37)35(40-4)25-15-17-33(18-16-25)20-24-13-9-6-10-14-24/h6,9-10,13-14,23,25-27H,5,7-8,11-12,15-22H2,1-4H3,(H,32,36)/t26-,27+/m1/s1. The van der Waals surface area contributed by atoms with E-state index in [2.05, 4.69) is 34.5 Å². The van der Waals surface area contributed by atoms with Crippen molar-refractivity contribution in [2.24, 2.45) is 5.92 Å². The van der Waals surface area contributed by atoms with Crippen LogP contribution in [0.1, 0.15) is 77.7 Å². The smallest absolute Gasteiger partial charge is 0.411 e. The summed E-state index contributed by atoms with van der Waals surface area (Å²) in [6.45, 7) is 8.28. The molecule has 2 heterocycles. The third-order valence-corrected chi connectivity index (χ3v) is 10.2. The maximum Gasteiger partial charge on any atom is 0.411 e. The van der Waals surface area contributed by atoms with Gasteiger partial charge in [0.05, 0.1) is 5.88 Å². The van der Waals surface area contributed by atoms with Gasteiger partial charge in [0.25, 0.3) is 5.91 Å². The Bertz CT molecular complexity index is 1010. The number of amides is 3. The maximum absolute atomic E-state index is 14.1. The van der Waals surface area contributed by atoms with Crippen LogP contribution in [0.5, 0.6) is 0 Å². The average molecular weight is 605 g/mol. The van der Waals surface area contributed by atoms with Gasteiger partial charge in [0.1, 0.15) is 17.7 Å². The van der Waals surface area contributed by atoms with E-state index in [1.165, 1.54) is 53.4 Å². The molecule has 3 aliphatic rings. The molecule has 1 aromatic carbocycles. The first-order valence-corrected chi connectivity index (χ1v) is 17.5. The quantitative estimate of drug-likeness (QED) is 0.372. The molecule has 3 amide bonds. The van der Waals surface area contributed by atoms with Crippen molar-refractivity contribution in [3.8, 4) is 0 Å². The van der Waals surface area contributed by atoms with Gasteiger partial charge in [-0.05, 0) is 51.5 Å². The van der Waals surface area contributed by atoms with Gasteiger partial charge in [0, 0.05) is 37.7 Å². The number of ether oxygens (including phenoxy) is 1. The highest BCUT2D eigenvalue weighted by Gasteiger charge is 2.40. The topological polar surface area (TPSA) is 82.2 Å². The first kappa shape index (κ1) is 32.0. The lowest BCUT2D eigenvalue weighted by atomic mass is 9.84. The molecule has 0 aromatic heterocycles. The molecule has 0 radical (unpaired) electrons. The van der Waals surface area contributed by atoms with Crippen molar-refractivity contribution in [2.45, 2.75) is 102 Å². The van der Waals surface area contributed by atoms with E-state index in [1.54, 1.807) is 0 Å². The molecule has 0 unspecified atom stereocenters. The molecule has 1 saturated carbocycles. The highest BCUT2D eigenvalue weighted by Crippen LogP contribution is 2.31. The summed E-state index contributed by atoms with van der Waals surface area (Å²) in [5.41, 5.74) is 0.671. The van der Waals surface area contributed by atoms with Gasteiger partial charge in [-0.25, -0.2) is 4.79 Å². The monoisotopic (exact) mass is 604 g/mol. The molecule has 4 rings (SSSR count). The Morgan fingerprint density at radius 2 is 1.76 bits per heavy atom. The van der Waals surface area contributed by atoms with E-state index in [4.69, 9.17) is 4.74 Å². The Morgan fingerprint density at radius 3 is 2.39 bits per heavy atom. The molecule has 2 saturated heterocycles. The summed E-state index contributed by atoms with van der Waals surface area (Å²) in [6, 6.07) is 9.43. The summed E-state index contributed by atoms with van der Waals surface area (Å²) >= 11 is 3.01. The zero-order chi connectivity index (χ0) is 29.4. The van der Waals surface area contributed by atoms with E-state index in [1.807, 2.05) is 37.4 Å². The fourth-order valence-electron chi connectivity index (χ4n) is 6.13. The molecule has 1 aliphatic carbocycles. The van der Waals surface area contributed by atoms with E-state index in [-0.39, 0.29) is 17.9 Å². The van der Waals surface area contributed by atoms with Crippen LogP contribution in [0.4, 0.5) is 4.79 Å². The zero-order valence-corrected chi connectivity index (χ0v) is 26.8. The first-order valence-electron chi connectivity index (χ1n) is 15.2. The fraction of sp³-hybridized carbons (Fsp3) is 0.710. The van der Waals surface area contributed by atoms with Crippen LogP contribution < -0.4 is 5.32 Å². The molecule has 228 valence electrons. The summed E-state index contributed by atoms with van der Waals surface area (Å²) in [5.74, 6) is 1.07. The first-order chi connectivity index (χ1) is 19.6. The molecule has 2 aliphatic heterocycles. The van der Waals surface area contributed by atoms with Gasteiger partial charge < -0.3 is 10.1 Å². The van der Waals surface area contributed by atoms with Crippen molar-refractivity contribution in [1.29, 1.82) is 0 Å². The average Bonchev–Trinajstić information content (AvgIpc) is 3.45. The van der Waals surface area contributed by atoms with Crippen LogP contribution in [0.25, 0.3) is 0 Å².